The maximum atomic E-state index is 2.39. The van der Waals surface area contributed by atoms with E-state index in [-0.39, 0.29) is 5.41 Å². The first-order valence-corrected chi connectivity index (χ1v) is 14.9. The Balaban J connectivity index is 1.31. The molecule has 0 amide bonds. The molecule has 200 valence electrons. The second-order valence-electron chi connectivity index (χ2n) is 11.3. The van der Waals surface area contributed by atoms with Crippen molar-refractivity contribution in [3.05, 3.63) is 163 Å². The van der Waals surface area contributed by atoms with Gasteiger partial charge in [0.2, 0.25) is 0 Å². The summed E-state index contributed by atoms with van der Waals surface area (Å²) in [5.41, 5.74) is 8.95. The molecule has 0 saturated heterocycles. The first-order valence-electron chi connectivity index (χ1n) is 14.9. The van der Waals surface area contributed by atoms with Crippen LogP contribution >= 0.6 is 0 Å². The van der Waals surface area contributed by atoms with Crippen LogP contribution in [0, 0.1) is 0 Å². The maximum Gasteiger partial charge on any atom is 0.0468 e. The number of nitrogens with zero attached hydrogens (tertiary/aromatic N) is 1. The van der Waals surface area contributed by atoms with Gasteiger partial charge in [-0.3, -0.25) is 0 Å². The van der Waals surface area contributed by atoms with Crippen LogP contribution in [-0.2, 0) is 5.41 Å². The Bertz CT molecular complexity index is 1730. The Hall–Kier alpha value is -4.62. The van der Waals surface area contributed by atoms with Gasteiger partial charge in [0.05, 0.1) is 0 Å². The summed E-state index contributed by atoms with van der Waals surface area (Å²) in [6.07, 6.45) is 6.33. The third-order valence-electron chi connectivity index (χ3n) is 8.94. The number of anilines is 3. The molecule has 0 N–H and O–H groups in total. The molecule has 1 nitrogen and oxygen atoms in total. The van der Waals surface area contributed by atoms with E-state index in [1.807, 2.05) is 0 Å². The summed E-state index contributed by atoms with van der Waals surface area (Å²) in [6.45, 7) is 0. The van der Waals surface area contributed by atoms with E-state index < -0.39 is 0 Å². The van der Waals surface area contributed by atoms with Crippen molar-refractivity contribution in [2.45, 2.75) is 37.5 Å². The Labute approximate surface area is 243 Å². The van der Waals surface area contributed by atoms with Gasteiger partial charge in [-0.25, -0.2) is 0 Å². The molecule has 1 saturated carbocycles. The quantitative estimate of drug-likeness (QED) is 0.207. The summed E-state index contributed by atoms with van der Waals surface area (Å²) in [6, 6.07) is 55.6. The van der Waals surface area contributed by atoms with Gasteiger partial charge >= 0.3 is 0 Å². The summed E-state index contributed by atoms with van der Waals surface area (Å²) < 4.78 is 0. The lowest BCUT2D eigenvalue weighted by molar-refractivity contribution is 0.346. The summed E-state index contributed by atoms with van der Waals surface area (Å²) in [7, 11) is 0. The van der Waals surface area contributed by atoms with E-state index in [9.17, 15) is 0 Å². The van der Waals surface area contributed by atoms with Crippen molar-refractivity contribution in [3.8, 4) is 11.1 Å². The van der Waals surface area contributed by atoms with E-state index in [0.29, 0.717) is 0 Å². The van der Waals surface area contributed by atoms with E-state index in [1.165, 1.54) is 76.5 Å². The molecule has 0 spiro atoms. The summed E-state index contributed by atoms with van der Waals surface area (Å²) >= 11 is 0. The number of rotatable bonds is 6. The highest BCUT2D eigenvalue weighted by molar-refractivity contribution is 5.89. The van der Waals surface area contributed by atoms with Gasteiger partial charge in [-0.1, -0.05) is 135 Å². The maximum absolute atomic E-state index is 2.39. The van der Waals surface area contributed by atoms with Gasteiger partial charge in [0.15, 0.2) is 0 Å². The number of hydrogen-bond donors (Lipinski definition) is 0. The van der Waals surface area contributed by atoms with Gasteiger partial charge in [0.25, 0.3) is 0 Å². The van der Waals surface area contributed by atoms with Crippen molar-refractivity contribution < 1.29 is 0 Å². The normalized spacial score (nSPS) is 14.5. The smallest absolute Gasteiger partial charge is 0.0468 e. The van der Waals surface area contributed by atoms with Crippen molar-refractivity contribution in [1.29, 1.82) is 0 Å². The minimum Gasteiger partial charge on any atom is -0.310 e. The summed E-state index contributed by atoms with van der Waals surface area (Å²) in [5, 5.41) is 2.51. The molecule has 0 unspecified atom stereocenters. The van der Waals surface area contributed by atoms with Crippen molar-refractivity contribution in [2.24, 2.45) is 0 Å². The Morgan fingerprint density at radius 3 is 1.59 bits per heavy atom. The van der Waals surface area contributed by atoms with Crippen molar-refractivity contribution in [2.75, 3.05) is 4.90 Å². The molecular formula is C40H35N. The standard InChI is InChI=1S/C40H35N/c1-4-12-31(13-5-1)33-18-23-37(24-19-33)41(39-25-20-32-14-8-9-15-34(32)30-39)38-26-21-36(22-27-38)40(28-10-3-11-29-40)35-16-6-2-7-17-35/h1-2,4-9,12-27,30H,3,10-11,28-29H2. The molecule has 1 fully saturated rings. The van der Waals surface area contributed by atoms with E-state index in [1.54, 1.807) is 0 Å². The van der Waals surface area contributed by atoms with Crippen LogP contribution < -0.4 is 4.90 Å². The lowest BCUT2D eigenvalue weighted by Crippen LogP contribution is -2.30. The monoisotopic (exact) mass is 529 g/mol. The number of hydrogen-bond acceptors (Lipinski definition) is 1. The van der Waals surface area contributed by atoms with Gasteiger partial charge in [-0.05, 0) is 82.3 Å². The molecule has 6 aromatic rings. The van der Waals surface area contributed by atoms with Gasteiger partial charge in [-0.15, -0.1) is 0 Å². The Morgan fingerprint density at radius 1 is 0.390 bits per heavy atom. The zero-order valence-electron chi connectivity index (χ0n) is 23.4. The fourth-order valence-electron chi connectivity index (χ4n) is 6.78. The molecule has 0 aromatic heterocycles. The van der Waals surface area contributed by atoms with Crippen LogP contribution in [0.15, 0.2) is 152 Å². The van der Waals surface area contributed by atoms with Gasteiger partial charge in [0.1, 0.15) is 0 Å². The second-order valence-corrected chi connectivity index (χ2v) is 11.3. The topological polar surface area (TPSA) is 3.24 Å². The van der Waals surface area contributed by atoms with E-state index in [4.69, 9.17) is 0 Å². The van der Waals surface area contributed by atoms with E-state index in [0.717, 1.165) is 5.69 Å². The zero-order chi connectivity index (χ0) is 27.5. The molecule has 41 heavy (non-hydrogen) atoms. The van der Waals surface area contributed by atoms with Crippen molar-refractivity contribution >= 4 is 27.8 Å². The SMILES string of the molecule is c1ccc(-c2ccc(N(c3ccc(C4(c5ccccc5)CCCCC4)cc3)c3ccc4ccccc4c3)cc2)cc1. The molecule has 6 aromatic carbocycles. The van der Waals surface area contributed by atoms with Crippen LogP contribution in [0.2, 0.25) is 0 Å². The molecule has 0 atom stereocenters. The first kappa shape index (κ1) is 25.4. The molecule has 0 aliphatic heterocycles. The number of fused-ring (bicyclic) bond motifs is 1. The van der Waals surface area contributed by atoms with Crippen molar-refractivity contribution in [1.82, 2.24) is 0 Å². The molecule has 7 rings (SSSR count). The highest BCUT2D eigenvalue weighted by Crippen LogP contribution is 2.46. The average Bonchev–Trinajstić information content (AvgIpc) is 3.07. The minimum atomic E-state index is 0.100. The van der Waals surface area contributed by atoms with E-state index >= 15 is 0 Å². The largest absolute Gasteiger partial charge is 0.310 e. The summed E-state index contributed by atoms with van der Waals surface area (Å²) in [5.74, 6) is 0. The average molecular weight is 530 g/mol. The van der Waals surface area contributed by atoms with Gasteiger partial charge in [0, 0.05) is 22.5 Å². The van der Waals surface area contributed by atoms with Crippen molar-refractivity contribution in [3.63, 3.8) is 0 Å². The molecule has 1 aliphatic carbocycles. The van der Waals surface area contributed by atoms with Crippen LogP contribution in [0.3, 0.4) is 0 Å². The fraction of sp³-hybridized carbons (Fsp3) is 0.150. The van der Waals surface area contributed by atoms with Gasteiger partial charge in [-0.2, -0.15) is 0 Å². The van der Waals surface area contributed by atoms with Crippen LogP contribution in [-0.4, -0.2) is 0 Å². The Kier molecular flexibility index (Phi) is 6.86. The predicted molar refractivity (Wildman–Crippen MR) is 174 cm³/mol. The molecular weight excluding hydrogens is 494 g/mol. The molecule has 1 heteroatoms. The lowest BCUT2D eigenvalue weighted by atomic mass is 9.65. The molecule has 0 bridgehead atoms. The van der Waals surface area contributed by atoms with Gasteiger partial charge < -0.3 is 4.90 Å². The van der Waals surface area contributed by atoms with Crippen LogP contribution in [0.1, 0.15) is 43.2 Å². The van der Waals surface area contributed by atoms with Crippen LogP contribution in [0.4, 0.5) is 17.1 Å². The van der Waals surface area contributed by atoms with Crippen LogP contribution in [0.25, 0.3) is 21.9 Å². The zero-order valence-corrected chi connectivity index (χ0v) is 23.4. The third-order valence-corrected chi connectivity index (χ3v) is 8.94. The first-order chi connectivity index (χ1) is 20.3. The Morgan fingerprint density at radius 2 is 0.902 bits per heavy atom. The fourth-order valence-corrected chi connectivity index (χ4v) is 6.78. The second kappa shape index (κ2) is 11.1. The lowest BCUT2D eigenvalue weighted by Gasteiger charge is -2.39. The highest BCUT2D eigenvalue weighted by Gasteiger charge is 2.35. The number of benzene rings is 6. The minimum absolute atomic E-state index is 0.100. The predicted octanol–water partition coefficient (Wildman–Crippen LogP) is 11.2. The third kappa shape index (κ3) is 4.93. The molecule has 0 radical (unpaired) electrons. The summed E-state index contributed by atoms with van der Waals surface area (Å²) in [4.78, 5) is 2.39. The van der Waals surface area contributed by atoms with E-state index in [2.05, 4.69) is 157 Å². The molecule has 0 heterocycles. The highest BCUT2D eigenvalue weighted by atomic mass is 15.1. The molecule has 1 aliphatic rings. The van der Waals surface area contributed by atoms with Crippen LogP contribution in [0.5, 0.6) is 0 Å².